The molecule has 4 nitrogen and oxygen atoms in total. The number of halogens is 2. The van der Waals surface area contributed by atoms with Crippen LogP contribution in [0.25, 0.3) is 0 Å². The monoisotopic (exact) mass is 399 g/mol. The second-order valence-electron chi connectivity index (χ2n) is 7.91. The Bertz CT molecular complexity index is 766. The zero-order valence-corrected chi connectivity index (χ0v) is 16.6. The van der Waals surface area contributed by atoms with Gasteiger partial charge in [-0.1, -0.05) is 24.3 Å². The van der Waals surface area contributed by atoms with Crippen LogP contribution >= 0.6 is 0 Å². The van der Waals surface area contributed by atoms with E-state index in [0.717, 1.165) is 63.2 Å². The van der Waals surface area contributed by atoms with Crippen LogP contribution in [0.4, 0.5) is 8.78 Å². The number of carbonyl (C=O) groups excluding carboxylic acids is 1. The molecule has 0 unspecified atom stereocenters. The molecule has 154 valence electrons. The minimum Gasteiger partial charge on any atom is -0.342 e. The van der Waals surface area contributed by atoms with Gasteiger partial charge in [-0.25, -0.2) is 8.78 Å². The fourth-order valence-corrected chi connectivity index (χ4v) is 4.34. The van der Waals surface area contributed by atoms with E-state index in [1.54, 1.807) is 24.3 Å². The van der Waals surface area contributed by atoms with E-state index < -0.39 is 0 Å². The van der Waals surface area contributed by atoms with Crippen molar-refractivity contribution in [3.05, 3.63) is 71.3 Å². The summed E-state index contributed by atoms with van der Waals surface area (Å²) in [4.78, 5) is 18.9. The van der Waals surface area contributed by atoms with Crippen molar-refractivity contribution in [3.63, 3.8) is 0 Å². The number of carbonyl (C=O) groups is 1. The number of nitrogens with zero attached hydrogens (tertiary/aromatic N) is 3. The summed E-state index contributed by atoms with van der Waals surface area (Å²) in [5.41, 5.74) is 1.97. The molecule has 0 aromatic heterocycles. The van der Waals surface area contributed by atoms with E-state index >= 15 is 0 Å². The fraction of sp³-hybridized carbons (Fsp3) is 0.435. The second-order valence-corrected chi connectivity index (χ2v) is 7.91. The van der Waals surface area contributed by atoms with E-state index in [1.165, 1.54) is 24.3 Å². The molecule has 6 heteroatoms. The highest BCUT2D eigenvalue weighted by Gasteiger charge is 2.28. The lowest BCUT2D eigenvalue weighted by Crippen LogP contribution is -2.50. The van der Waals surface area contributed by atoms with Crippen molar-refractivity contribution in [2.75, 3.05) is 45.8 Å². The van der Waals surface area contributed by atoms with Crippen LogP contribution in [-0.4, -0.2) is 66.4 Å². The topological polar surface area (TPSA) is 26.8 Å². The van der Waals surface area contributed by atoms with Gasteiger partial charge in [-0.15, -0.1) is 0 Å². The number of rotatable bonds is 5. The molecule has 0 aliphatic carbocycles. The molecule has 0 N–H and O–H groups in total. The number of hydrogen-bond acceptors (Lipinski definition) is 3. The zero-order valence-electron chi connectivity index (χ0n) is 16.6. The van der Waals surface area contributed by atoms with Crippen LogP contribution in [-0.2, 0) is 4.79 Å². The van der Waals surface area contributed by atoms with E-state index in [2.05, 4.69) is 9.80 Å². The minimum absolute atomic E-state index is 0.0624. The molecule has 0 radical (unpaired) electrons. The summed E-state index contributed by atoms with van der Waals surface area (Å²) < 4.78 is 26.9. The predicted molar refractivity (Wildman–Crippen MR) is 108 cm³/mol. The predicted octanol–water partition coefficient (Wildman–Crippen LogP) is 3.29. The average Bonchev–Trinajstić information content (AvgIpc) is 3.27. The summed E-state index contributed by atoms with van der Waals surface area (Å²) in [5.74, 6) is -0.307. The molecule has 0 saturated carbocycles. The second kappa shape index (κ2) is 9.01. The van der Waals surface area contributed by atoms with Gasteiger partial charge in [0.25, 0.3) is 0 Å². The molecule has 2 heterocycles. The fourth-order valence-electron chi connectivity index (χ4n) is 4.34. The first kappa shape index (κ1) is 20.0. The molecule has 2 aromatic rings. The lowest BCUT2D eigenvalue weighted by atomic mass is 9.96. The van der Waals surface area contributed by atoms with Crippen LogP contribution < -0.4 is 0 Å². The highest BCUT2D eigenvalue weighted by Crippen LogP contribution is 2.30. The number of amides is 1. The van der Waals surface area contributed by atoms with E-state index in [4.69, 9.17) is 0 Å². The van der Waals surface area contributed by atoms with Crippen molar-refractivity contribution in [1.29, 1.82) is 0 Å². The van der Waals surface area contributed by atoms with Crippen molar-refractivity contribution < 1.29 is 13.6 Å². The van der Waals surface area contributed by atoms with E-state index in [9.17, 15) is 13.6 Å². The standard InChI is InChI=1S/C23H27F2N3O/c24-20-7-3-18(4-8-20)23(19-5-9-21(25)10-6-19)28-15-13-26(14-16-28)17-22(29)27-11-1-2-12-27/h3-10,23H,1-2,11-17H2. The van der Waals surface area contributed by atoms with Crippen molar-refractivity contribution >= 4 is 5.91 Å². The first-order chi connectivity index (χ1) is 14.1. The maximum atomic E-state index is 13.4. The Hall–Kier alpha value is -2.31. The van der Waals surface area contributed by atoms with Gasteiger partial charge in [0.2, 0.25) is 5.91 Å². The van der Waals surface area contributed by atoms with Crippen LogP contribution in [0.5, 0.6) is 0 Å². The Kier molecular flexibility index (Phi) is 6.21. The van der Waals surface area contributed by atoms with Crippen molar-refractivity contribution in [3.8, 4) is 0 Å². The first-order valence-corrected chi connectivity index (χ1v) is 10.4. The Morgan fingerprint density at radius 3 is 1.72 bits per heavy atom. The lowest BCUT2D eigenvalue weighted by Gasteiger charge is -2.40. The summed E-state index contributed by atoms with van der Waals surface area (Å²) in [7, 11) is 0. The molecule has 2 aliphatic rings. The van der Waals surface area contributed by atoms with Crippen LogP contribution in [0.3, 0.4) is 0 Å². The number of piperazine rings is 1. The largest absolute Gasteiger partial charge is 0.342 e. The molecule has 2 aromatic carbocycles. The number of benzene rings is 2. The first-order valence-electron chi connectivity index (χ1n) is 10.4. The van der Waals surface area contributed by atoms with Crippen molar-refractivity contribution in [2.24, 2.45) is 0 Å². The molecular weight excluding hydrogens is 372 g/mol. The van der Waals surface area contributed by atoms with Gasteiger partial charge < -0.3 is 4.90 Å². The van der Waals surface area contributed by atoms with Gasteiger partial charge in [0, 0.05) is 39.3 Å². The molecule has 1 amide bonds. The SMILES string of the molecule is O=C(CN1CCN(C(c2ccc(F)cc2)c2ccc(F)cc2)CC1)N1CCCC1. The summed E-state index contributed by atoms with van der Waals surface area (Å²) in [6, 6.07) is 13.0. The third-order valence-corrected chi connectivity index (χ3v) is 5.96. The van der Waals surface area contributed by atoms with Crippen LogP contribution in [0, 0.1) is 11.6 Å². The molecular formula is C23H27F2N3O. The van der Waals surface area contributed by atoms with E-state index in [1.807, 2.05) is 4.90 Å². The number of hydrogen-bond donors (Lipinski definition) is 0. The van der Waals surface area contributed by atoms with Crippen molar-refractivity contribution in [1.82, 2.24) is 14.7 Å². The quantitative estimate of drug-likeness (QED) is 0.772. The van der Waals surface area contributed by atoms with Crippen molar-refractivity contribution in [2.45, 2.75) is 18.9 Å². The molecule has 0 spiro atoms. The average molecular weight is 399 g/mol. The molecule has 2 saturated heterocycles. The van der Waals surface area contributed by atoms with Gasteiger partial charge in [0.15, 0.2) is 0 Å². The normalized spacial score (nSPS) is 18.5. The molecule has 0 bridgehead atoms. The van der Waals surface area contributed by atoms with Crippen LogP contribution in [0.15, 0.2) is 48.5 Å². The Balaban J connectivity index is 1.45. The van der Waals surface area contributed by atoms with Gasteiger partial charge in [-0.2, -0.15) is 0 Å². The maximum absolute atomic E-state index is 13.4. The van der Waals surface area contributed by atoms with Gasteiger partial charge in [-0.05, 0) is 48.2 Å². The molecule has 29 heavy (non-hydrogen) atoms. The molecule has 2 aliphatic heterocycles. The van der Waals surface area contributed by atoms with Gasteiger partial charge in [-0.3, -0.25) is 14.6 Å². The Labute approximate surface area is 170 Å². The Morgan fingerprint density at radius 2 is 1.24 bits per heavy atom. The number of likely N-dealkylation sites (tertiary alicyclic amines) is 1. The highest BCUT2D eigenvalue weighted by molar-refractivity contribution is 5.78. The molecule has 4 rings (SSSR count). The third-order valence-electron chi connectivity index (χ3n) is 5.96. The van der Waals surface area contributed by atoms with E-state index in [0.29, 0.717) is 6.54 Å². The summed E-state index contributed by atoms with van der Waals surface area (Å²) in [5, 5.41) is 0. The Morgan fingerprint density at radius 1 is 0.759 bits per heavy atom. The van der Waals surface area contributed by atoms with Crippen LogP contribution in [0.1, 0.15) is 30.0 Å². The van der Waals surface area contributed by atoms with Gasteiger partial charge >= 0.3 is 0 Å². The van der Waals surface area contributed by atoms with Crippen LogP contribution in [0.2, 0.25) is 0 Å². The minimum atomic E-state index is -0.267. The lowest BCUT2D eigenvalue weighted by molar-refractivity contribution is -0.131. The van der Waals surface area contributed by atoms with E-state index in [-0.39, 0.29) is 23.6 Å². The zero-order chi connectivity index (χ0) is 20.2. The van der Waals surface area contributed by atoms with Gasteiger partial charge in [0.1, 0.15) is 11.6 Å². The highest BCUT2D eigenvalue weighted by atomic mass is 19.1. The molecule has 2 fully saturated rings. The summed E-state index contributed by atoms with van der Waals surface area (Å²) >= 11 is 0. The summed E-state index contributed by atoms with van der Waals surface area (Å²) in [6.45, 7) is 5.45. The summed E-state index contributed by atoms with van der Waals surface area (Å²) in [6.07, 6.45) is 2.22. The smallest absolute Gasteiger partial charge is 0.236 e. The maximum Gasteiger partial charge on any atom is 0.236 e. The third kappa shape index (κ3) is 4.82. The van der Waals surface area contributed by atoms with Gasteiger partial charge in [0.05, 0.1) is 12.6 Å². The molecule has 0 atom stereocenters.